The van der Waals surface area contributed by atoms with E-state index in [9.17, 15) is 4.79 Å². The maximum Gasteiger partial charge on any atom is 0.254 e. The Kier molecular flexibility index (Phi) is 5.41. The number of carbonyl (C=O) groups excluding carboxylic acids is 1. The lowest BCUT2D eigenvalue weighted by Crippen LogP contribution is -2.49. The molecule has 6 heteroatoms. The molecule has 3 aromatic rings. The third-order valence-corrected chi connectivity index (χ3v) is 5.35. The number of imidazole rings is 1. The van der Waals surface area contributed by atoms with Crippen LogP contribution in [0.15, 0.2) is 48.8 Å². The normalized spacial score (nSPS) is 15.3. The van der Waals surface area contributed by atoms with Crippen molar-refractivity contribution < 1.29 is 9.53 Å². The molecule has 2 heterocycles. The van der Waals surface area contributed by atoms with E-state index in [0.29, 0.717) is 5.56 Å². The summed E-state index contributed by atoms with van der Waals surface area (Å²) in [5, 5.41) is 0. The molecule has 0 saturated carbocycles. The second-order valence-corrected chi connectivity index (χ2v) is 7.28. The van der Waals surface area contributed by atoms with E-state index in [1.165, 1.54) is 5.56 Å². The van der Waals surface area contributed by atoms with Crippen LogP contribution in [0.5, 0.6) is 0 Å². The number of aromatic nitrogens is 2. The van der Waals surface area contributed by atoms with Gasteiger partial charge in [-0.3, -0.25) is 14.3 Å². The Labute approximate surface area is 165 Å². The van der Waals surface area contributed by atoms with E-state index in [2.05, 4.69) is 39.6 Å². The minimum atomic E-state index is 0.0818. The van der Waals surface area contributed by atoms with E-state index in [4.69, 9.17) is 4.74 Å². The molecule has 0 atom stereocenters. The summed E-state index contributed by atoms with van der Waals surface area (Å²) in [5.41, 5.74) is 4.83. The molecular weight excluding hydrogens is 352 g/mol. The molecule has 4 rings (SSSR count). The molecule has 1 aliphatic heterocycles. The van der Waals surface area contributed by atoms with Crippen molar-refractivity contribution in [2.45, 2.75) is 6.92 Å². The van der Waals surface area contributed by atoms with E-state index in [0.717, 1.165) is 56.1 Å². The van der Waals surface area contributed by atoms with Crippen LogP contribution in [0.3, 0.4) is 0 Å². The summed E-state index contributed by atoms with van der Waals surface area (Å²) >= 11 is 0. The molecule has 1 aromatic heterocycles. The number of hydrogen-bond acceptors (Lipinski definition) is 4. The van der Waals surface area contributed by atoms with Crippen LogP contribution >= 0.6 is 0 Å². The molecule has 28 heavy (non-hydrogen) atoms. The van der Waals surface area contributed by atoms with Crippen LogP contribution < -0.4 is 0 Å². The van der Waals surface area contributed by atoms with Gasteiger partial charge in [0.2, 0.25) is 0 Å². The minimum Gasteiger partial charge on any atom is -0.383 e. The first-order valence-corrected chi connectivity index (χ1v) is 9.70. The fraction of sp³-hybridized carbons (Fsp3) is 0.364. The largest absolute Gasteiger partial charge is 0.383 e. The number of fused-ring (bicyclic) bond motifs is 1. The van der Waals surface area contributed by atoms with Crippen molar-refractivity contribution in [1.29, 1.82) is 0 Å². The number of aryl methyl sites for hydroxylation is 1. The lowest BCUT2D eigenvalue weighted by atomic mass is 10.1. The average Bonchev–Trinajstić information content (AvgIpc) is 3.15. The fourth-order valence-corrected chi connectivity index (χ4v) is 3.71. The second-order valence-electron chi connectivity index (χ2n) is 7.28. The van der Waals surface area contributed by atoms with Crippen molar-refractivity contribution in [2.24, 2.45) is 0 Å². The highest BCUT2D eigenvalue weighted by atomic mass is 16.5. The Balaban J connectivity index is 1.50. The van der Waals surface area contributed by atoms with Crippen LogP contribution in [-0.2, 0) is 4.74 Å². The number of hydrogen-bond donors (Lipinski definition) is 0. The molecule has 1 fully saturated rings. The summed E-state index contributed by atoms with van der Waals surface area (Å²) in [6.45, 7) is 7.00. The Morgan fingerprint density at radius 3 is 2.68 bits per heavy atom. The Hall–Kier alpha value is -2.70. The maximum absolute atomic E-state index is 12.9. The molecule has 1 aliphatic rings. The number of ether oxygens (including phenoxy) is 1. The lowest BCUT2D eigenvalue weighted by molar-refractivity contribution is 0.0594. The molecule has 6 nitrogen and oxygen atoms in total. The predicted molar refractivity (Wildman–Crippen MR) is 110 cm³/mol. The van der Waals surface area contributed by atoms with E-state index < -0.39 is 0 Å². The molecule has 0 unspecified atom stereocenters. The van der Waals surface area contributed by atoms with Gasteiger partial charge in [-0.1, -0.05) is 12.1 Å². The topological polar surface area (TPSA) is 50.6 Å². The van der Waals surface area contributed by atoms with Crippen molar-refractivity contribution in [2.75, 3.05) is 46.4 Å². The summed E-state index contributed by atoms with van der Waals surface area (Å²) in [6.07, 6.45) is 1.82. The van der Waals surface area contributed by atoms with Crippen LogP contribution in [0.2, 0.25) is 0 Å². The van der Waals surface area contributed by atoms with Gasteiger partial charge in [0, 0.05) is 51.1 Å². The number of rotatable bonds is 5. The highest BCUT2D eigenvalue weighted by Gasteiger charge is 2.22. The van der Waals surface area contributed by atoms with Crippen LogP contribution in [0.4, 0.5) is 0 Å². The Bertz CT molecular complexity index is 974. The standard InChI is InChI=1S/C22H26N4O2/c1-17-4-3-5-19(14-17)26-16-23-20-15-18(6-7-21(20)26)22(27)25-10-8-24(9-11-25)12-13-28-2/h3-7,14-16H,8-13H2,1-2H3. The number of amides is 1. The molecule has 0 aliphatic carbocycles. The lowest BCUT2D eigenvalue weighted by Gasteiger charge is -2.34. The van der Waals surface area contributed by atoms with Gasteiger partial charge in [-0.2, -0.15) is 0 Å². The molecule has 0 N–H and O–H groups in total. The van der Waals surface area contributed by atoms with E-state index >= 15 is 0 Å². The highest BCUT2D eigenvalue weighted by molar-refractivity contribution is 5.97. The van der Waals surface area contributed by atoms with Gasteiger partial charge in [-0.25, -0.2) is 4.98 Å². The minimum absolute atomic E-state index is 0.0818. The Morgan fingerprint density at radius 1 is 1.11 bits per heavy atom. The number of benzene rings is 2. The van der Waals surface area contributed by atoms with Crippen LogP contribution in [0.25, 0.3) is 16.7 Å². The van der Waals surface area contributed by atoms with Gasteiger partial charge in [-0.05, 0) is 42.8 Å². The number of nitrogens with zero attached hydrogens (tertiary/aromatic N) is 4. The van der Waals surface area contributed by atoms with E-state index in [1.807, 2.05) is 35.5 Å². The smallest absolute Gasteiger partial charge is 0.254 e. The number of methoxy groups -OCH3 is 1. The van der Waals surface area contributed by atoms with Crippen molar-refractivity contribution in [3.63, 3.8) is 0 Å². The van der Waals surface area contributed by atoms with Gasteiger partial charge in [0.05, 0.1) is 17.6 Å². The summed E-state index contributed by atoms with van der Waals surface area (Å²) in [4.78, 5) is 21.7. The monoisotopic (exact) mass is 378 g/mol. The van der Waals surface area contributed by atoms with Crippen molar-refractivity contribution in [1.82, 2.24) is 19.4 Å². The fourth-order valence-electron chi connectivity index (χ4n) is 3.71. The zero-order chi connectivity index (χ0) is 19.5. The van der Waals surface area contributed by atoms with Gasteiger partial charge >= 0.3 is 0 Å². The van der Waals surface area contributed by atoms with Crippen LogP contribution in [0.1, 0.15) is 15.9 Å². The Morgan fingerprint density at radius 2 is 1.93 bits per heavy atom. The average molecular weight is 378 g/mol. The third-order valence-electron chi connectivity index (χ3n) is 5.35. The summed E-state index contributed by atoms with van der Waals surface area (Å²) in [5.74, 6) is 0.0818. The molecule has 146 valence electrons. The third kappa shape index (κ3) is 3.79. The summed E-state index contributed by atoms with van der Waals surface area (Å²) < 4.78 is 7.20. The molecule has 1 saturated heterocycles. The summed E-state index contributed by atoms with van der Waals surface area (Å²) in [6, 6.07) is 14.1. The van der Waals surface area contributed by atoms with Gasteiger partial charge in [-0.15, -0.1) is 0 Å². The summed E-state index contributed by atoms with van der Waals surface area (Å²) in [7, 11) is 1.72. The van der Waals surface area contributed by atoms with Crippen molar-refractivity contribution >= 4 is 16.9 Å². The van der Waals surface area contributed by atoms with Gasteiger partial charge in [0.15, 0.2) is 0 Å². The molecule has 2 aromatic carbocycles. The first-order chi connectivity index (χ1) is 13.7. The maximum atomic E-state index is 12.9. The quantitative estimate of drug-likeness (QED) is 0.685. The van der Waals surface area contributed by atoms with Gasteiger partial charge in [0.1, 0.15) is 6.33 Å². The second kappa shape index (κ2) is 8.12. The zero-order valence-electron chi connectivity index (χ0n) is 16.5. The van der Waals surface area contributed by atoms with Crippen molar-refractivity contribution in [3.05, 3.63) is 59.9 Å². The van der Waals surface area contributed by atoms with E-state index in [1.54, 1.807) is 7.11 Å². The van der Waals surface area contributed by atoms with Crippen molar-refractivity contribution in [3.8, 4) is 5.69 Å². The first kappa shape index (κ1) is 18.7. The van der Waals surface area contributed by atoms with Gasteiger partial charge in [0.25, 0.3) is 5.91 Å². The van der Waals surface area contributed by atoms with Crippen LogP contribution in [-0.4, -0.2) is 71.7 Å². The highest BCUT2D eigenvalue weighted by Crippen LogP contribution is 2.21. The zero-order valence-corrected chi connectivity index (χ0v) is 16.5. The molecule has 0 radical (unpaired) electrons. The van der Waals surface area contributed by atoms with Crippen LogP contribution in [0, 0.1) is 6.92 Å². The molecular formula is C22H26N4O2. The first-order valence-electron chi connectivity index (χ1n) is 9.70. The van der Waals surface area contributed by atoms with E-state index in [-0.39, 0.29) is 5.91 Å². The van der Waals surface area contributed by atoms with Gasteiger partial charge < -0.3 is 9.64 Å². The molecule has 0 bridgehead atoms. The SMILES string of the molecule is COCCN1CCN(C(=O)c2ccc3c(c2)ncn3-c2cccc(C)c2)CC1. The predicted octanol–water partition coefficient (Wildman–Crippen LogP) is 2.74. The number of piperazine rings is 1. The number of carbonyl (C=O) groups is 1. The molecule has 1 amide bonds. The molecule has 0 spiro atoms.